The fourth-order valence-corrected chi connectivity index (χ4v) is 2.03. The Morgan fingerprint density at radius 3 is 2.83 bits per heavy atom. The number of unbranched alkanes of at least 4 members (excludes halogenated alkanes) is 1. The van der Waals surface area contributed by atoms with Crippen molar-refractivity contribution >= 4 is 23.1 Å². The lowest BCUT2D eigenvalue weighted by Gasteiger charge is -2.11. The number of anilines is 2. The van der Waals surface area contributed by atoms with Gasteiger partial charge in [-0.25, -0.2) is 4.98 Å². The lowest BCUT2D eigenvalue weighted by molar-refractivity contribution is 0.796. The van der Waals surface area contributed by atoms with Gasteiger partial charge < -0.3 is 5.32 Å². The number of hydrogen-bond donors (Lipinski definition) is 1. The van der Waals surface area contributed by atoms with E-state index >= 15 is 0 Å². The van der Waals surface area contributed by atoms with E-state index in [9.17, 15) is 0 Å². The lowest BCUT2D eigenvalue weighted by Crippen LogP contribution is -1.98. The van der Waals surface area contributed by atoms with E-state index in [1.807, 2.05) is 36.4 Å². The predicted octanol–water partition coefficient (Wildman–Crippen LogP) is 4.82. The van der Waals surface area contributed by atoms with Gasteiger partial charge in [-0.15, -0.1) is 0 Å². The van der Waals surface area contributed by atoms with Crippen LogP contribution in [0, 0.1) is 0 Å². The fraction of sp³-hybridized carbons (Fsp3) is 0.267. The number of hydrogen-bond acceptors (Lipinski definition) is 2. The lowest BCUT2D eigenvalue weighted by atomic mass is 10.1. The van der Waals surface area contributed by atoms with E-state index in [0.717, 1.165) is 29.4 Å². The summed E-state index contributed by atoms with van der Waals surface area (Å²) in [4.78, 5) is 4.27. The first-order chi connectivity index (χ1) is 8.79. The summed E-state index contributed by atoms with van der Waals surface area (Å²) >= 11 is 6.06. The average Bonchev–Trinajstić information content (AvgIpc) is 2.40. The van der Waals surface area contributed by atoms with Crippen molar-refractivity contribution in [2.75, 3.05) is 5.32 Å². The molecular weight excluding hydrogens is 244 g/mol. The summed E-state index contributed by atoms with van der Waals surface area (Å²) in [6.07, 6.45) is 5.16. The molecule has 0 radical (unpaired) electrons. The molecule has 0 unspecified atom stereocenters. The fourth-order valence-electron chi connectivity index (χ4n) is 1.83. The maximum atomic E-state index is 6.06. The minimum atomic E-state index is 0.785. The van der Waals surface area contributed by atoms with E-state index in [2.05, 4.69) is 17.2 Å². The first kappa shape index (κ1) is 12.9. The van der Waals surface area contributed by atoms with Gasteiger partial charge in [0.15, 0.2) is 0 Å². The zero-order valence-electron chi connectivity index (χ0n) is 10.5. The number of nitrogens with one attached hydrogen (secondary N) is 1. The van der Waals surface area contributed by atoms with Crippen molar-refractivity contribution in [2.45, 2.75) is 26.2 Å². The van der Waals surface area contributed by atoms with Crippen molar-refractivity contribution in [3.05, 3.63) is 53.2 Å². The van der Waals surface area contributed by atoms with Crippen LogP contribution in [0.5, 0.6) is 0 Å². The molecule has 2 rings (SSSR count). The van der Waals surface area contributed by atoms with Crippen molar-refractivity contribution in [1.29, 1.82) is 0 Å². The number of aryl methyl sites for hydroxylation is 1. The third-order valence-electron chi connectivity index (χ3n) is 2.79. The van der Waals surface area contributed by atoms with Gasteiger partial charge in [-0.1, -0.05) is 31.0 Å². The van der Waals surface area contributed by atoms with Crippen molar-refractivity contribution in [3.8, 4) is 0 Å². The molecule has 0 spiro atoms. The summed E-state index contributed by atoms with van der Waals surface area (Å²) in [5.74, 6) is 0.859. The monoisotopic (exact) mass is 260 g/mol. The Hall–Kier alpha value is -1.54. The van der Waals surface area contributed by atoms with Crippen molar-refractivity contribution < 1.29 is 0 Å². The molecular formula is C15H17ClN2. The first-order valence-corrected chi connectivity index (χ1v) is 6.64. The number of aromatic nitrogens is 1. The van der Waals surface area contributed by atoms with Gasteiger partial charge in [0.2, 0.25) is 0 Å². The first-order valence-electron chi connectivity index (χ1n) is 6.26. The molecule has 0 aliphatic heterocycles. The third-order valence-corrected chi connectivity index (χ3v) is 3.03. The van der Waals surface area contributed by atoms with Gasteiger partial charge in [-0.05, 0) is 48.7 Å². The summed E-state index contributed by atoms with van der Waals surface area (Å²) < 4.78 is 0. The van der Waals surface area contributed by atoms with Crippen LogP contribution in [-0.4, -0.2) is 4.98 Å². The number of nitrogens with zero attached hydrogens (tertiary/aromatic N) is 1. The van der Waals surface area contributed by atoms with Gasteiger partial charge in [0.25, 0.3) is 0 Å². The number of benzene rings is 1. The van der Waals surface area contributed by atoms with E-state index in [1.165, 1.54) is 12.0 Å². The largest absolute Gasteiger partial charge is 0.340 e. The molecule has 0 aliphatic rings. The molecule has 0 aliphatic carbocycles. The molecule has 0 saturated heterocycles. The Bertz CT molecular complexity index is 497. The van der Waals surface area contributed by atoms with Crippen molar-refractivity contribution in [2.24, 2.45) is 0 Å². The Kier molecular flexibility index (Phi) is 4.59. The van der Waals surface area contributed by atoms with Crippen LogP contribution >= 0.6 is 11.6 Å². The molecule has 1 heterocycles. The number of rotatable bonds is 5. The summed E-state index contributed by atoms with van der Waals surface area (Å²) in [6.45, 7) is 2.19. The molecule has 0 saturated carbocycles. The Morgan fingerprint density at radius 1 is 1.22 bits per heavy atom. The quantitative estimate of drug-likeness (QED) is 0.834. The maximum Gasteiger partial charge on any atom is 0.130 e. The van der Waals surface area contributed by atoms with Crippen LogP contribution in [0.3, 0.4) is 0 Å². The maximum absolute atomic E-state index is 6.06. The zero-order chi connectivity index (χ0) is 12.8. The summed E-state index contributed by atoms with van der Waals surface area (Å²) in [6, 6.07) is 11.8. The van der Waals surface area contributed by atoms with Crippen LogP contribution in [0.15, 0.2) is 42.6 Å². The van der Waals surface area contributed by atoms with Gasteiger partial charge in [0.05, 0.1) is 0 Å². The van der Waals surface area contributed by atoms with Crippen LogP contribution in [0.25, 0.3) is 0 Å². The third kappa shape index (κ3) is 3.47. The van der Waals surface area contributed by atoms with E-state index in [-0.39, 0.29) is 0 Å². The van der Waals surface area contributed by atoms with E-state index < -0.39 is 0 Å². The minimum absolute atomic E-state index is 0.785. The summed E-state index contributed by atoms with van der Waals surface area (Å²) in [7, 11) is 0. The molecule has 2 nitrogen and oxygen atoms in total. The van der Waals surface area contributed by atoms with Crippen LogP contribution in [0.1, 0.15) is 25.3 Å². The van der Waals surface area contributed by atoms with Crippen molar-refractivity contribution in [3.63, 3.8) is 0 Å². The molecule has 2 aromatic rings. The average molecular weight is 261 g/mol. The normalized spacial score (nSPS) is 10.3. The van der Waals surface area contributed by atoms with E-state index in [1.54, 1.807) is 6.20 Å². The number of pyridine rings is 1. The Morgan fingerprint density at radius 2 is 2.11 bits per heavy atom. The Labute approximate surface area is 113 Å². The Balaban J connectivity index is 2.21. The second-order valence-corrected chi connectivity index (χ2v) is 4.68. The minimum Gasteiger partial charge on any atom is -0.340 e. The highest BCUT2D eigenvalue weighted by Gasteiger charge is 2.04. The van der Waals surface area contributed by atoms with E-state index in [0.29, 0.717) is 0 Å². The van der Waals surface area contributed by atoms with Gasteiger partial charge in [0, 0.05) is 16.9 Å². The molecule has 0 bridgehead atoms. The predicted molar refractivity (Wildman–Crippen MR) is 77.6 cm³/mol. The summed E-state index contributed by atoms with van der Waals surface area (Å²) in [5, 5.41) is 4.12. The smallest absolute Gasteiger partial charge is 0.130 e. The zero-order valence-corrected chi connectivity index (χ0v) is 11.2. The van der Waals surface area contributed by atoms with Gasteiger partial charge >= 0.3 is 0 Å². The topological polar surface area (TPSA) is 24.9 Å². The molecule has 1 aromatic carbocycles. The highest BCUT2D eigenvalue weighted by atomic mass is 35.5. The SMILES string of the molecule is CCCCc1cc(Cl)ccc1Nc1ccccn1. The van der Waals surface area contributed by atoms with Crippen LogP contribution in [0.2, 0.25) is 5.02 Å². The second-order valence-electron chi connectivity index (χ2n) is 4.25. The van der Waals surface area contributed by atoms with Gasteiger partial charge in [-0.2, -0.15) is 0 Å². The molecule has 0 amide bonds. The second kappa shape index (κ2) is 6.41. The van der Waals surface area contributed by atoms with Crippen molar-refractivity contribution in [1.82, 2.24) is 4.98 Å². The summed E-state index contributed by atoms with van der Waals surface area (Å²) in [5.41, 5.74) is 2.33. The van der Waals surface area contributed by atoms with Crippen LogP contribution < -0.4 is 5.32 Å². The molecule has 1 aromatic heterocycles. The highest BCUT2D eigenvalue weighted by molar-refractivity contribution is 6.30. The molecule has 0 atom stereocenters. The van der Waals surface area contributed by atoms with Crippen LogP contribution in [-0.2, 0) is 6.42 Å². The molecule has 0 fully saturated rings. The van der Waals surface area contributed by atoms with Gasteiger partial charge in [-0.3, -0.25) is 0 Å². The van der Waals surface area contributed by atoms with Gasteiger partial charge in [0.1, 0.15) is 5.82 Å². The number of halogens is 1. The standard InChI is InChI=1S/C15H17ClN2/c1-2-3-6-12-11-13(16)8-9-14(12)18-15-7-4-5-10-17-15/h4-5,7-11H,2-3,6H2,1H3,(H,17,18). The molecule has 94 valence electrons. The molecule has 1 N–H and O–H groups in total. The molecule has 18 heavy (non-hydrogen) atoms. The highest BCUT2D eigenvalue weighted by Crippen LogP contribution is 2.24. The molecule has 3 heteroatoms. The van der Waals surface area contributed by atoms with E-state index in [4.69, 9.17) is 11.6 Å². The van der Waals surface area contributed by atoms with Crippen LogP contribution in [0.4, 0.5) is 11.5 Å².